The maximum Gasteiger partial charge on any atom is 0.407 e. The van der Waals surface area contributed by atoms with E-state index in [4.69, 9.17) is 9.47 Å². The number of thioether (sulfide) groups is 1. The van der Waals surface area contributed by atoms with Gasteiger partial charge in [0, 0.05) is 35.7 Å². The fourth-order valence-corrected chi connectivity index (χ4v) is 7.17. The number of ether oxygens (including phenoxy) is 2. The number of aryl methyl sites for hydroxylation is 1. The molecule has 1 aliphatic heterocycles. The highest BCUT2D eigenvalue weighted by molar-refractivity contribution is 8.00. The van der Waals surface area contributed by atoms with Gasteiger partial charge >= 0.3 is 11.8 Å². The average Bonchev–Trinajstić information content (AvgIpc) is 3.11. The van der Waals surface area contributed by atoms with E-state index in [-0.39, 0.29) is 24.3 Å². The summed E-state index contributed by atoms with van der Waals surface area (Å²) in [6.45, 7) is 5.74. The molecule has 224 valence electrons. The Balaban J connectivity index is 2.11. The topological polar surface area (TPSA) is 274 Å². The number of nitrogens with zero attached hydrogens (tertiary/aromatic N) is 1. The Morgan fingerprint density at radius 3 is 2.41 bits per heavy atom. The lowest BCUT2D eigenvalue weighted by atomic mass is 10.2. The molecule has 2 rings (SSSR count). The summed E-state index contributed by atoms with van der Waals surface area (Å²) in [7, 11) is -18.1. The summed E-state index contributed by atoms with van der Waals surface area (Å²) < 4.78 is 56.9. The maximum atomic E-state index is 12.3. The van der Waals surface area contributed by atoms with Gasteiger partial charge in [0.2, 0.25) is 0 Å². The van der Waals surface area contributed by atoms with Gasteiger partial charge in [-0.3, -0.25) is 27.8 Å². The second kappa shape index (κ2) is 13.1. The smallest absolute Gasteiger partial charge is 0.407 e. The van der Waals surface area contributed by atoms with E-state index in [9.17, 15) is 47.7 Å². The molecule has 0 aliphatic carbocycles. The van der Waals surface area contributed by atoms with Gasteiger partial charge in [0.05, 0.1) is 20.5 Å². The fourth-order valence-electron chi connectivity index (χ4n) is 3.12. The lowest BCUT2D eigenvalue weighted by molar-refractivity contribution is -0.339. The lowest BCUT2D eigenvalue weighted by Crippen LogP contribution is -2.34. The third kappa shape index (κ3) is 12.0. The van der Waals surface area contributed by atoms with Gasteiger partial charge in [-0.15, -0.1) is 0 Å². The number of alkyl carbamates (subject to hydrolysis) is 1. The molecular weight excluding hydrogens is 611 g/mol. The van der Waals surface area contributed by atoms with Crippen LogP contribution in [0.5, 0.6) is 0 Å². The number of hydrogen-bond donors (Lipinski definition) is 2. The molecule has 5 atom stereocenters. The summed E-state index contributed by atoms with van der Waals surface area (Å²) >= 11 is 1.18. The van der Waals surface area contributed by atoms with Crippen molar-refractivity contribution in [3.05, 3.63) is 32.6 Å². The summed E-state index contributed by atoms with van der Waals surface area (Å²) in [6.07, 6.45) is -1.49. The van der Waals surface area contributed by atoms with Gasteiger partial charge in [-0.2, -0.15) is 11.8 Å². The minimum absolute atomic E-state index is 0.0826. The number of carbonyl (C=O) groups is 1. The number of phosphoric acid groups is 3. The molecule has 1 aromatic rings. The van der Waals surface area contributed by atoms with Crippen LogP contribution in [0.2, 0.25) is 0 Å². The standard InChI is InChI=1S/C17H30N3O15P3S/c1-10-8-20(15(22)19-14(10)21)13-7-12(39-6-5-18-16(23)33-17(2,3)4)11(32-13)9-31-37(27,28)35-38(29,30)34-36(24,25)26/h8,11-13H,5-7,9H2,1-4H3,(H,18,23)(H,27,28)(H,29,30)(H,19,21,22)(H2,24,25,26)/p-4/t11-,12+,13-/m1/s1. The second-order valence-electron chi connectivity index (χ2n) is 8.98. The zero-order chi connectivity index (χ0) is 29.8. The summed E-state index contributed by atoms with van der Waals surface area (Å²) in [4.78, 5) is 82.2. The highest BCUT2D eigenvalue weighted by Gasteiger charge is 2.38. The van der Waals surface area contributed by atoms with Crippen LogP contribution in [-0.4, -0.2) is 51.5 Å². The molecular formula is C17H26N3O15P3S-4. The SMILES string of the molecule is Cc1cn([C@H]2C[C@H](SCCNC(=O)OC(C)(C)C)[C@@H](COP(=O)([O-])OP(=O)([O-])OP(=O)([O-])[O-])O2)c(=O)[nH]c1=O. The van der Waals surface area contributed by atoms with E-state index in [1.165, 1.54) is 24.9 Å². The molecule has 0 bridgehead atoms. The molecule has 22 heteroatoms. The van der Waals surface area contributed by atoms with Gasteiger partial charge in [0.1, 0.15) is 11.8 Å². The highest BCUT2D eigenvalue weighted by atomic mass is 32.2. The van der Waals surface area contributed by atoms with Crippen LogP contribution in [0.25, 0.3) is 0 Å². The minimum Gasteiger partial charge on any atom is -0.790 e. The fraction of sp³-hybridized carbons (Fsp3) is 0.706. The Kier molecular flexibility index (Phi) is 11.4. The lowest BCUT2D eigenvalue weighted by Gasteiger charge is -2.37. The molecule has 2 N–H and O–H groups in total. The van der Waals surface area contributed by atoms with E-state index in [1.807, 2.05) is 0 Å². The Hall–Kier alpha value is -1.33. The van der Waals surface area contributed by atoms with E-state index in [0.717, 1.165) is 4.57 Å². The van der Waals surface area contributed by atoms with Crippen molar-refractivity contribution in [2.24, 2.45) is 0 Å². The molecule has 0 spiro atoms. The predicted octanol–water partition coefficient (Wildman–Crippen LogP) is -1.43. The number of H-pyrrole nitrogens is 1. The minimum atomic E-state index is -6.15. The first-order valence-corrected chi connectivity index (χ1v) is 16.4. The molecule has 18 nitrogen and oxygen atoms in total. The first-order chi connectivity index (χ1) is 17.7. The van der Waals surface area contributed by atoms with Crippen LogP contribution >= 0.6 is 35.2 Å². The number of phosphoric ester groups is 1. The Morgan fingerprint density at radius 1 is 1.18 bits per heavy atom. The van der Waals surface area contributed by atoms with Crippen LogP contribution in [0.4, 0.5) is 4.79 Å². The summed E-state index contributed by atoms with van der Waals surface area (Å²) in [5.41, 5.74) is -1.97. The largest absolute Gasteiger partial charge is 0.790 e. The van der Waals surface area contributed by atoms with Crippen LogP contribution < -0.4 is 36.1 Å². The monoisotopic (exact) mass is 637 g/mol. The van der Waals surface area contributed by atoms with Crippen molar-refractivity contribution in [3.8, 4) is 0 Å². The maximum absolute atomic E-state index is 12.3. The number of amides is 1. The van der Waals surface area contributed by atoms with Crippen LogP contribution in [0.1, 0.15) is 39.0 Å². The quantitative estimate of drug-likeness (QED) is 0.196. The van der Waals surface area contributed by atoms with Crippen LogP contribution in [0.3, 0.4) is 0 Å². The van der Waals surface area contributed by atoms with Crippen molar-refractivity contribution in [2.45, 2.75) is 57.3 Å². The van der Waals surface area contributed by atoms with Crippen molar-refractivity contribution in [2.75, 3.05) is 18.9 Å². The summed E-state index contributed by atoms with van der Waals surface area (Å²) in [5.74, 6) is 0.257. The second-order valence-corrected chi connectivity index (χ2v) is 14.6. The predicted molar refractivity (Wildman–Crippen MR) is 126 cm³/mol. The molecule has 2 heterocycles. The van der Waals surface area contributed by atoms with Gasteiger partial charge < -0.3 is 43.5 Å². The van der Waals surface area contributed by atoms with Crippen LogP contribution in [0.15, 0.2) is 15.8 Å². The summed E-state index contributed by atoms with van der Waals surface area (Å²) in [5, 5.41) is 1.92. The first kappa shape index (κ1) is 33.9. The van der Waals surface area contributed by atoms with E-state index in [2.05, 4.69) is 23.4 Å². The van der Waals surface area contributed by atoms with E-state index < -0.39 is 70.6 Å². The van der Waals surface area contributed by atoms with Crippen molar-refractivity contribution < 1.29 is 60.7 Å². The number of aromatic nitrogens is 2. The van der Waals surface area contributed by atoms with Gasteiger partial charge in [-0.1, -0.05) is 0 Å². The number of carbonyl (C=O) groups excluding carboxylic acids is 1. The average molecular weight is 637 g/mol. The van der Waals surface area contributed by atoms with Crippen molar-refractivity contribution >= 4 is 41.3 Å². The zero-order valence-corrected chi connectivity index (χ0v) is 24.5. The normalized spacial score (nSPS) is 23.1. The molecule has 1 saturated heterocycles. The van der Waals surface area contributed by atoms with Gasteiger partial charge in [0.25, 0.3) is 21.2 Å². The van der Waals surface area contributed by atoms with Crippen molar-refractivity contribution in [1.29, 1.82) is 0 Å². The molecule has 1 amide bonds. The molecule has 1 aliphatic rings. The molecule has 2 unspecified atom stereocenters. The Morgan fingerprint density at radius 2 is 1.82 bits per heavy atom. The molecule has 1 aromatic heterocycles. The number of rotatable bonds is 12. The van der Waals surface area contributed by atoms with Crippen molar-refractivity contribution in [1.82, 2.24) is 14.9 Å². The Bertz CT molecular complexity index is 1290. The van der Waals surface area contributed by atoms with Crippen LogP contribution in [-0.2, 0) is 36.3 Å². The molecule has 0 saturated carbocycles. The van der Waals surface area contributed by atoms with E-state index in [0.29, 0.717) is 0 Å². The van der Waals surface area contributed by atoms with Crippen molar-refractivity contribution in [3.63, 3.8) is 0 Å². The molecule has 1 fully saturated rings. The molecule has 0 radical (unpaired) electrons. The zero-order valence-electron chi connectivity index (χ0n) is 21.0. The van der Waals surface area contributed by atoms with Gasteiger partial charge in [0.15, 0.2) is 0 Å². The summed E-state index contributed by atoms with van der Waals surface area (Å²) in [6, 6.07) is 0. The van der Waals surface area contributed by atoms with Crippen LogP contribution in [0, 0.1) is 6.92 Å². The third-order valence-electron chi connectivity index (χ3n) is 4.54. The number of hydrogen-bond acceptors (Lipinski definition) is 16. The molecule has 0 aromatic carbocycles. The first-order valence-electron chi connectivity index (χ1n) is 10.9. The number of aromatic amines is 1. The third-order valence-corrected chi connectivity index (χ3v) is 9.57. The number of nitrogens with one attached hydrogen (secondary N) is 2. The van der Waals surface area contributed by atoms with E-state index >= 15 is 0 Å². The molecule has 39 heavy (non-hydrogen) atoms. The van der Waals surface area contributed by atoms with E-state index in [1.54, 1.807) is 20.8 Å². The van der Waals surface area contributed by atoms with Gasteiger partial charge in [-0.25, -0.2) is 13.9 Å². The Labute approximate surface area is 225 Å². The van der Waals surface area contributed by atoms with Gasteiger partial charge in [-0.05, 0) is 27.7 Å². The highest BCUT2D eigenvalue weighted by Crippen LogP contribution is 2.60.